The monoisotopic (exact) mass is 636 g/mol. The Balaban J connectivity index is 0.000000629. The van der Waals surface area contributed by atoms with Crippen molar-refractivity contribution in [1.82, 2.24) is 4.98 Å². The second-order valence-electron chi connectivity index (χ2n) is 9.97. The van der Waals surface area contributed by atoms with Crippen LogP contribution in [0.15, 0.2) is 54.7 Å². The van der Waals surface area contributed by atoms with Crippen molar-refractivity contribution in [3.8, 4) is 5.75 Å². The van der Waals surface area contributed by atoms with E-state index in [0.717, 1.165) is 17.6 Å². The Morgan fingerprint density at radius 2 is 1.70 bits per heavy atom. The molecule has 1 atom stereocenters. The van der Waals surface area contributed by atoms with Crippen molar-refractivity contribution in [3.05, 3.63) is 82.5 Å². The van der Waals surface area contributed by atoms with Gasteiger partial charge >= 0.3 is 5.97 Å². The zero-order chi connectivity index (χ0) is 34.3. The Morgan fingerprint density at radius 1 is 1.09 bits per heavy atom. The van der Waals surface area contributed by atoms with Crippen LogP contribution in [0.1, 0.15) is 52.9 Å². The summed E-state index contributed by atoms with van der Waals surface area (Å²) < 4.78 is 21.5. The van der Waals surface area contributed by atoms with Gasteiger partial charge in [-0.15, -0.1) is 0 Å². The van der Waals surface area contributed by atoms with Crippen molar-refractivity contribution in [2.45, 2.75) is 46.8 Å². The van der Waals surface area contributed by atoms with E-state index < -0.39 is 5.97 Å². The summed E-state index contributed by atoms with van der Waals surface area (Å²) in [6.45, 7) is 12.6. The van der Waals surface area contributed by atoms with E-state index in [1.807, 2.05) is 42.9 Å². The Bertz CT molecular complexity index is 1290. The van der Waals surface area contributed by atoms with E-state index in [-0.39, 0.29) is 12.7 Å². The maximum atomic E-state index is 12.7. The summed E-state index contributed by atoms with van der Waals surface area (Å²) in [5.74, 6) is 0.842. The predicted molar refractivity (Wildman–Crippen MR) is 182 cm³/mol. The summed E-state index contributed by atoms with van der Waals surface area (Å²) in [5, 5.41) is 11.4. The molecule has 2 N–H and O–H groups in total. The summed E-state index contributed by atoms with van der Waals surface area (Å²) in [5.41, 5.74) is 5.17. The molecular weight excluding hydrogens is 588 g/mol. The van der Waals surface area contributed by atoms with Crippen LogP contribution in [-0.4, -0.2) is 83.5 Å². The molecule has 1 aliphatic heterocycles. The van der Waals surface area contributed by atoms with Gasteiger partial charge in [0.05, 0.1) is 44.3 Å². The van der Waals surface area contributed by atoms with E-state index >= 15 is 0 Å². The zero-order valence-electron chi connectivity index (χ0n) is 27.8. The average molecular weight is 637 g/mol. The van der Waals surface area contributed by atoms with Crippen molar-refractivity contribution in [1.29, 1.82) is 5.41 Å². The lowest BCUT2D eigenvalue weighted by Gasteiger charge is -2.36. The molecule has 0 amide bonds. The van der Waals surface area contributed by atoms with Gasteiger partial charge in [0.25, 0.3) is 0 Å². The number of ether oxygens (including phenoxy) is 4. The van der Waals surface area contributed by atoms with E-state index in [1.165, 1.54) is 23.5 Å². The molecule has 250 valence electrons. The van der Waals surface area contributed by atoms with Gasteiger partial charge in [0.15, 0.2) is 0 Å². The molecule has 1 aliphatic rings. The fourth-order valence-electron chi connectivity index (χ4n) is 4.27. The number of pyridine rings is 1. The number of benzene rings is 2. The third-order valence-electron chi connectivity index (χ3n) is 6.54. The fourth-order valence-corrected chi connectivity index (χ4v) is 4.27. The number of rotatable bonds is 11. The van der Waals surface area contributed by atoms with Gasteiger partial charge in [0.1, 0.15) is 30.2 Å². The van der Waals surface area contributed by atoms with Crippen molar-refractivity contribution in [2.75, 3.05) is 57.3 Å². The highest BCUT2D eigenvalue weighted by Gasteiger charge is 2.28. The predicted octanol–water partition coefficient (Wildman–Crippen LogP) is 5.44. The molecule has 3 aromatic rings. The number of aromatic nitrogens is 1. The van der Waals surface area contributed by atoms with E-state index in [4.69, 9.17) is 29.2 Å². The molecule has 4 rings (SSSR count). The smallest absolute Gasteiger partial charge is 0.341 e. The summed E-state index contributed by atoms with van der Waals surface area (Å²) >= 11 is 0. The quantitative estimate of drug-likeness (QED) is 0.159. The van der Waals surface area contributed by atoms with Gasteiger partial charge in [0.2, 0.25) is 0 Å². The Labute approximate surface area is 272 Å². The molecule has 0 radical (unpaired) electrons. The van der Waals surface area contributed by atoms with Crippen LogP contribution >= 0.6 is 0 Å². The number of nitrogens with zero attached hydrogens (tertiary/aromatic N) is 2. The summed E-state index contributed by atoms with van der Waals surface area (Å²) in [7, 11) is 3.26. The second kappa shape index (κ2) is 22.8. The molecule has 11 nitrogen and oxygen atoms in total. The Hall–Kier alpha value is -4.61. The third kappa shape index (κ3) is 13.2. The van der Waals surface area contributed by atoms with Gasteiger partial charge in [-0.25, -0.2) is 9.78 Å². The topological polar surface area (TPSA) is 140 Å². The molecule has 1 unspecified atom stereocenters. The van der Waals surface area contributed by atoms with E-state index in [0.29, 0.717) is 61.9 Å². The van der Waals surface area contributed by atoms with Crippen LogP contribution < -0.4 is 15.0 Å². The molecule has 11 heteroatoms. The van der Waals surface area contributed by atoms with Gasteiger partial charge < -0.3 is 44.2 Å². The largest absolute Gasteiger partial charge is 0.497 e. The summed E-state index contributed by atoms with van der Waals surface area (Å²) in [4.78, 5) is 36.3. The second-order valence-corrected chi connectivity index (χ2v) is 9.97. The van der Waals surface area contributed by atoms with Gasteiger partial charge in [-0.2, -0.15) is 0 Å². The molecule has 2 heterocycles. The van der Waals surface area contributed by atoms with E-state index in [1.54, 1.807) is 21.1 Å². The molecule has 46 heavy (non-hydrogen) atoms. The van der Waals surface area contributed by atoms with Gasteiger partial charge in [-0.05, 0) is 38.5 Å². The van der Waals surface area contributed by atoms with Gasteiger partial charge in [0, 0.05) is 45.6 Å². The summed E-state index contributed by atoms with van der Waals surface area (Å²) in [6.07, 6.45) is 4.12. The Kier molecular flexibility index (Phi) is 19.6. The number of aryl methyl sites for hydroxylation is 2. The first kappa shape index (κ1) is 39.4. The van der Waals surface area contributed by atoms with Crippen molar-refractivity contribution in [3.63, 3.8) is 0 Å². The number of aldehydes is 1. The molecule has 0 saturated carbocycles. The molecule has 0 bridgehead atoms. The van der Waals surface area contributed by atoms with Gasteiger partial charge in [-0.3, -0.25) is 0 Å². The lowest BCUT2D eigenvalue weighted by molar-refractivity contribution is -0.107. The minimum absolute atomic E-state index is 0.133. The number of anilines is 2. The first-order valence-electron chi connectivity index (χ1n) is 15.0. The number of morpholine rings is 1. The number of hydrogen-bond donors (Lipinski definition) is 2. The lowest BCUT2D eigenvalue weighted by atomic mass is 10.1. The number of carbonyl (C=O) groups is 3. The standard InChI is InChI=1S/C23H30N4O5.C8H10.C3H6O.CH2O/c1-4-31-23(28)20-13-26-22(25-12-16-5-7-17(30-3)8-6-16)19(11-24)21(20)27-9-10-32-18(14-27)15-29-2;1-7-3-5-8(2)6-4-7;1-2-3-4;1-2/h5-8,11,13,18,24H,4,9-10,12,14-15H2,1-3H3,(H,25,26);3-6H,1-2H3;3H,2H2,1H3;1H2. The maximum absolute atomic E-state index is 12.7. The molecule has 2 aromatic carbocycles. The third-order valence-corrected chi connectivity index (χ3v) is 6.54. The molecule has 1 saturated heterocycles. The average Bonchev–Trinajstić information content (AvgIpc) is 3.10. The molecule has 0 aliphatic carbocycles. The van der Waals surface area contributed by atoms with Crippen LogP contribution in [0.2, 0.25) is 0 Å². The summed E-state index contributed by atoms with van der Waals surface area (Å²) in [6, 6.07) is 16.2. The van der Waals surface area contributed by atoms with Crippen LogP contribution in [0.25, 0.3) is 0 Å². The van der Waals surface area contributed by atoms with Crippen LogP contribution in [0, 0.1) is 19.3 Å². The highest BCUT2D eigenvalue weighted by Crippen LogP contribution is 2.31. The maximum Gasteiger partial charge on any atom is 0.341 e. The normalized spacial score (nSPS) is 13.3. The highest BCUT2D eigenvalue weighted by molar-refractivity contribution is 6.03. The highest BCUT2D eigenvalue weighted by atomic mass is 16.5. The van der Waals surface area contributed by atoms with Crippen molar-refractivity contribution < 1.29 is 33.3 Å². The molecule has 0 spiro atoms. The van der Waals surface area contributed by atoms with Gasteiger partial charge in [-0.1, -0.05) is 54.4 Å². The van der Waals surface area contributed by atoms with Crippen molar-refractivity contribution in [2.24, 2.45) is 0 Å². The van der Waals surface area contributed by atoms with Crippen LogP contribution in [0.4, 0.5) is 11.5 Å². The first-order chi connectivity index (χ1) is 22.3. The number of carbonyl (C=O) groups excluding carboxylic acids is 3. The molecule has 1 fully saturated rings. The van der Waals surface area contributed by atoms with Crippen LogP contribution in [-0.2, 0) is 30.3 Å². The minimum atomic E-state index is -0.463. The van der Waals surface area contributed by atoms with Crippen molar-refractivity contribution >= 4 is 36.8 Å². The van der Waals surface area contributed by atoms with Crippen LogP contribution in [0.3, 0.4) is 0 Å². The number of nitrogens with one attached hydrogen (secondary N) is 2. The van der Waals surface area contributed by atoms with E-state index in [9.17, 15) is 9.59 Å². The SMILES string of the molecule is C=O.CCC=O.CCOC(=O)c1cnc(NCc2ccc(OC)cc2)c(C=N)c1N1CCOC(COC)C1.Cc1ccc(C)cc1. The number of methoxy groups -OCH3 is 2. The lowest BCUT2D eigenvalue weighted by Crippen LogP contribution is -2.45. The first-order valence-corrected chi connectivity index (χ1v) is 15.0. The number of esters is 1. The zero-order valence-corrected chi connectivity index (χ0v) is 27.8. The number of hydrogen-bond acceptors (Lipinski definition) is 11. The fraction of sp³-hybridized carbons (Fsp3) is 0.400. The van der Waals surface area contributed by atoms with E-state index in [2.05, 4.69) is 48.4 Å². The molecule has 1 aromatic heterocycles. The Morgan fingerprint density at radius 3 is 2.20 bits per heavy atom. The molecular formula is C35H48N4O7. The minimum Gasteiger partial charge on any atom is -0.497 e. The van der Waals surface area contributed by atoms with Crippen LogP contribution in [0.5, 0.6) is 5.75 Å².